The Morgan fingerprint density at radius 2 is 1.60 bits per heavy atom. The number of halogens is 2. The van der Waals surface area contributed by atoms with Gasteiger partial charge >= 0.3 is 0 Å². The van der Waals surface area contributed by atoms with Crippen LogP contribution in [0, 0.1) is 5.82 Å². The normalized spacial score (nSPS) is 11.3. The lowest BCUT2D eigenvalue weighted by Gasteiger charge is -2.23. The van der Waals surface area contributed by atoms with Gasteiger partial charge in [0.1, 0.15) is 5.82 Å². The molecule has 2 rings (SSSR count). The molecule has 0 aliphatic rings. The number of nitrogens with zero attached hydrogens (tertiary/aromatic N) is 1. The molecule has 2 aromatic rings. The molecule has 0 fully saturated rings. The zero-order valence-corrected chi connectivity index (χ0v) is 13.2. The fraction of sp³-hybridized carbons (Fsp3) is 0.143. The van der Waals surface area contributed by atoms with Gasteiger partial charge in [-0.25, -0.2) is 12.8 Å². The zero-order chi connectivity index (χ0) is 14.8. The Morgan fingerprint density at radius 1 is 1.05 bits per heavy atom. The second-order valence-corrected chi connectivity index (χ2v) is 6.88. The van der Waals surface area contributed by atoms with Crippen molar-refractivity contribution in [3.63, 3.8) is 0 Å². The minimum absolute atomic E-state index is 0.0728. The lowest BCUT2D eigenvalue weighted by atomic mass is 10.3. The van der Waals surface area contributed by atoms with Gasteiger partial charge in [0.2, 0.25) is 0 Å². The highest BCUT2D eigenvalue weighted by Crippen LogP contribution is 2.25. The number of hydrogen-bond acceptors (Lipinski definition) is 2. The third kappa shape index (κ3) is 3.02. The fourth-order valence-corrected chi connectivity index (χ4v) is 3.57. The van der Waals surface area contributed by atoms with E-state index in [0.717, 1.165) is 16.6 Å². The molecular weight excluding hydrogens is 345 g/mol. The summed E-state index contributed by atoms with van der Waals surface area (Å²) in [5, 5.41) is 0. The number of sulfonamides is 1. The average Bonchev–Trinajstić information content (AvgIpc) is 2.42. The van der Waals surface area contributed by atoms with Crippen LogP contribution in [0.1, 0.15) is 6.92 Å². The minimum Gasteiger partial charge on any atom is -0.267 e. The number of benzene rings is 2. The van der Waals surface area contributed by atoms with Gasteiger partial charge in [-0.05, 0) is 55.5 Å². The summed E-state index contributed by atoms with van der Waals surface area (Å²) in [5.41, 5.74) is 0.569. The summed E-state index contributed by atoms with van der Waals surface area (Å²) in [6, 6.07) is 11.8. The second-order valence-electron chi connectivity index (χ2n) is 4.10. The minimum atomic E-state index is -3.68. The summed E-state index contributed by atoms with van der Waals surface area (Å²) >= 11 is 3.31. The molecule has 106 valence electrons. The van der Waals surface area contributed by atoms with Crippen LogP contribution >= 0.6 is 15.9 Å². The molecule has 0 saturated carbocycles. The van der Waals surface area contributed by atoms with E-state index < -0.39 is 15.8 Å². The fourth-order valence-electron chi connectivity index (χ4n) is 1.83. The predicted octanol–water partition coefficient (Wildman–Crippen LogP) is 3.80. The number of hydrogen-bond donors (Lipinski definition) is 0. The van der Waals surface area contributed by atoms with Crippen molar-refractivity contribution >= 4 is 31.6 Å². The van der Waals surface area contributed by atoms with Crippen LogP contribution in [0.2, 0.25) is 0 Å². The van der Waals surface area contributed by atoms with Crippen molar-refractivity contribution in [1.82, 2.24) is 0 Å². The van der Waals surface area contributed by atoms with Crippen molar-refractivity contribution in [2.45, 2.75) is 11.8 Å². The molecule has 0 amide bonds. The molecule has 0 aromatic heterocycles. The van der Waals surface area contributed by atoms with Gasteiger partial charge in [-0.3, -0.25) is 4.31 Å². The molecule has 0 bridgehead atoms. The van der Waals surface area contributed by atoms with Crippen molar-refractivity contribution in [1.29, 1.82) is 0 Å². The highest BCUT2D eigenvalue weighted by molar-refractivity contribution is 9.10. The highest BCUT2D eigenvalue weighted by Gasteiger charge is 2.23. The first-order valence-corrected chi connectivity index (χ1v) is 8.22. The third-order valence-corrected chi connectivity index (χ3v) is 5.25. The topological polar surface area (TPSA) is 37.4 Å². The van der Waals surface area contributed by atoms with Crippen LogP contribution in [0.5, 0.6) is 0 Å². The Labute approximate surface area is 126 Å². The maximum atomic E-state index is 12.9. The molecule has 0 heterocycles. The molecule has 0 radical (unpaired) electrons. The van der Waals surface area contributed by atoms with Gasteiger partial charge in [0.05, 0.1) is 10.6 Å². The number of rotatable bonds is 4. The maximum absolute atomic E-state index is 12.9. The molecular formula is C14H13BrFNO2S. The Morgan fingerprint density at radius 3 is 2.10 bits per heavy atom. The summed E-state index contributed by atoms with van der Waals surface area (Å²) in [7, 11) is -3.68. The van der Waals surface area contributed by atoms with E-state index in [2.05, 4.69) is 15.9 Å². The van der Waals surface area contributed by atoms with Crippen molar-refractivity contribution in [3.8, 4) is 0 Å². The van der Waals surface area contributed by atoms with E-state index in [4.69, 9.17) is 0 Å². The Hall–Kier alpha value is -1.40. The molecule has 6 heteroatoms. The van der Waals surface area contributed by atoms with Crippen molar-refractivity contribution in [2.75, 3.05) is 10.8 Å². The summed E-state index contributed by atoms with van der Waals surface area (Å²) in [5.74, 6) is -0.462. The van der Waals surface area contributed by atoms with Gasteiger partial charge in [0, 0.05) is 11.0 Å². The third-order valence-electron chi connectivity index (χ3n) is 2.80. The number of anilines is 1. The van der Waals surface area contributed by atoms with Crippen LogP contribution in [0.15, 0.2) is 57.9 Å². The van der Waals surface area contributed by atoms with Crippen molar-refractivity contribution in [3.05, 3.63) is 58.8 Å². The molecule has 20 heavy (non-hydrogen) atoms. The monoisotopic (exact) mass is 357 g/mol. The van der Waals surface area contributed by atoms with E-state index in [0.29, 0.717) is 12.2 Å². The highest BCUT2D eigenvalue weighted by atomic mass is 79.9. The Bertz CT molecular complexity index is 684. The molecule has 0 aliphatic carbocycles. The van der Waals surface area contributed by atoms with Gasteiger partial charge in [-0.15, -0.1) is 0 Å². The van der Waals surface area contributed by atoms with Crippen LogP contribution in [-0.4, -0.2) is 15.0 Å². The van der Waals surface area contributed by atoms with Gasteiger partial charge < -0.3 is 0 Å². The van der Waals surface area contributed by atoms with Crippen LogP contribution in [-0.2, 0) is 10.0 Å². The predicted molar refractivity (Wildman–Crippen MR) is 80.7 cm³/mol. The molecule has 0 saturated heterocycles. The molecule has 0 unspecified atom stereocenters. The standard InChI is InChI=1S/C14H13BrFNO2S/c1-2-17(13-7-3-11(15)4-8-13)20(18,19)14-9-5-12(16)6-10-14/h3-10H,2H2,1H3. The summed E-state index contributed by atoms with van der Waals surface area (Å²) in [4.78, 5) is 0.0728. The van der Waals surface area contributed by atoms with Crippen LogP contribution in [0.4, 0.5) is 10.1 Å². The van der Waals surface area contributed by atoms with Crippen LogP contribution < -0.4 is 4.31 Å². The van der Waals surface area contributed by atoms with E-state index in [-0.39, 0.29) is 4.90 Å². The maximum Gasteiger partial charge on any atom is 0.264 e. The van der Waals surface area contributed by atoms with E-state index in [1.54, 1.807) is 31.2 Å². The van der Waals surface area contributed by atoms with Gasteiger partial charge in [0.25, 0.3) is 10.0 Å². The van der Waals surface area contributed by atoms with Gasteiger partial charge in [-0.2, -0.15) is 0 Å². The summed E-state index contributed by atoms with van der Waals surface area (Å²) in [6.45, 7) is 2.05. The molecule has 2 aromatic carbocycles. The lowest BCUT2D eigenvalue weighted by molar-refractivity contribution is 0.590. The quantitative estimate of drug-likeness (QED) is 0.834. The Kier molecular flexibility index (Phi) is 4.45. The van der Waals surface area contributed by atoms with E-state index >= 15 is 0 Å². The van der Waals surface area contributed by atoms with E-state index in [1.807, 2.05) is 0 Å². The average molecular weight is 358 g/mol. The lowest BCUT2D eigenvalue weighted by Crippen LogP contribution is -2.30. The van der Waals surface area contributed by atoms with E-state index in [1.165, 1.54) is 16.4 Å². The van der Waals surface area contributed by atoms with E-state index in [9.17, 15) is 12.8 Å². The smallest absolute Gasteiger partial charge is 0.264 e. The summed E-state index contributed by atoms with van der Waals surface area (Å²) < 4.78 is 40.2. The molecule has 0 N–H and O–H groups in total. The van der Waals surface area contributed by atoms with Crippen LogP contribution in [0.3, 0.4) is 0 Å². The first-order valence-electron chi connectivity index (χ1n) is 5.99. The zero-order valence-electron chi connectivity index (χ0n) is 10.8. The second kappa shape index (κ2) is 5.93. The molecule has 0 spiro atoms. The first kappa shape index (κ1) is 15.0. The Balaban J connectivity index is 2.44. The SMILES string of the molecule is CCN(c1ccc(Br)cc1)S(=O)(=O)c1ccc(F)cc1. The first-order chi connectivity index (χ1) is 9.45. The van der Waals surface area contributed by atoms with Crippen molar-refractivity contribution in [2.24, 2.45) is 0 Å². The van der Waals surface area contributed by atoms with Crippen molar-refractivity contribution < 1.29 is 12.8 Å². The van der Waals surface area contributed by atoms with Gasteiger partial charge in [-0.1, -0.05) is 15.9 Å². The van der Waals surface area contributed by atoms with Gasteiger partial charge in [0.15, 0.2) is 0 Å². The summed E-state index contributed by atoms with van der Waals surface area (Å²) in [6.07, 6.45) is 0. The molecule has 3 nitrogen and oxygen atoms in total. The molecule has 0 atom stereocenters. The molecule has 0 aliphatic heterocycles. The van der Waals surface area contributed by atoms with Crippen LogP contribution in [0.25, 0.3) is 0 Å². The largest absolute Gasteiger partial charge is 0.267 e.